The Morgan fingerprint density at radius 1 is 1.53 bits per heavy atom. The monoisotopic (exact) mass is 275 g/mol. The third-order valence-electron chi connectivity index (χ3n) is 4.06. The number of rotatable bonds is 2. The summed E-state index contributed by atoms with van der Waals surface area (Å²) in [6.45, 7) is 3.05. The average Bonchev–Trinajstić information content (AvgIpc) is 2.80. The molecule has 2 atom stereocenters. The topological polar surface area (TPSA) is 37.3 Å². The average molecular weight is 275 g/mol. The number of hydrogen-bond donors (Lipinski definition) is 1. The molecule has 4 heteroatoms. The molecule has 0 bridgehead atoms. The van der Waals surface area contributed by atoms with Crippen molar-refractivity contribution < 1.29 is 0 Å². The van der Waals surface area contributed by atoms with Crippen molar-refractivity contribution in [1.82, 2.24) is 10.3 Å². The van der Waals surface area contributed by atoms with Gasteiger partial charge in [-0.3, -0.25) is 9.98 Å². The molecule has 0 aromatic carbocycles. The summed E-state index contributed by atoms with van der Waals surface area (Å²) < 4.78 is 0. The summed E-state index contributed by atoms with van der Waals surface area (Å²) in [6.07, 6.45) is 7.15. The molecule has 0 radical (unpaired) electrons. The van der Waals surface area contributed by atoms with E-state index in [9.17, 15) is 0 Å². The lowest BCUT2D eigenvalue weighted by Crippen LogP contribution is -2.47. The minimum atomic E-state index is 0.325. The van der Waals surface area contributed by atoms with Gasteiger partial charge in [-0.2, -0.15) is 0 Å². The summed E-state index contributed by atoms with van der Waals surface area (Å²) in [5, 5.41) is 4.80. The molecule has 2 fully saturated rings. The van der Waals surface area contributed by atoms with Gasteiger partial charge in [0, 0.05) is 17.5 Å². The van der Waals surface area contributed by atoms with Gasteiger partial charge in [0.2, 0.25) is 0 Å². The molecule has 3 nitrogen and oxygen atoms in total. The predicted octanol–water partition coefficient (Wildman–Crippen LogP) is 3.22. The van der Waals surface area contributed by atoms with E-state index in [1.807, 2.05) is 36.2 Å². The first-order valence-corrected chi connectivity index (χ1v) is 8.10. The molecule has 1 aliphatic heterocycles. The number of thioether (sulfide) groups is 1. The first kappa shape index (κ1) is 13.0. The quantitative estimate of drug-likeness (QED) is 0.900. The number of nitrogens with zero attached hydrogens (tertiary/aromatic N) is 2. The summed E-state index contributed by atoms with van der Waals surface area (Å²) in [7, 11) is 0. The number of aliphatic imine (C=N–C) groups is 1. The molecule has 1 aromatic heterocycles. The number of pyridine rings is 1. The van der Waals surface area contributed by atoms with Gasteiger partial charge in [0.25, 0.3) is 0 Å². The number of nitrogens with one attached hydrogen (secondary N) is 1. The minimum absolute atomic E-state index is 0.325. The molecule has 2 heterocycles. The van der Waals surface area contributed by atoms with E-state index in [1.165, 1.54) is 31.4 Å². The van der Waals surface area contributed by atoms with Gasteiger partial charge in [-0.25, -0.2) is 0 Å². The van der Waals surface area contributed by atoms with Crippen molar-refractivity contribution in [3.05, 3.63) is 30.1 Å². The van der Waals surface area contributed by atoms with E-state index in [-0.39, 0.29) is 0 Å². The highest BCUT2D eigenvalue weighted by Crippen LogP contribution is 2.38. The van der Waals surface area contributed by atoms with Gasteiger partial charge in [-0.15, -0.1) is 0 Å². The van der Waals surface area contributed by atoms with Crippen molar-refractivity contribution in [3.8, 4) is 0 Å². The number of hydrogen-bond acceptors (Lipinski definition) is 3. The highest BCUT2D eigenvalue weighted by Gasteiger charge is 2.40. The zero-order valence-corrected chi connectivity index (χ0v) is 12.2. The lowest BCUT2D eigenvalue weighted by Gasteiger charge is -2.36. The minimum Gasteiger partial charge on any atom is -0.359 e. The standard InChI is InChI=1S/C15H21N3S/c1-12-5-4-7-15(9-12)11-19-14(18-15)17-10-13-6-2-3-8-16-13/h2-3,6,8,12H,4-5,7,9-11H2,1H3,(H,17,18). The lowest BCUT2D eigenvalue weighted by molar-refractivity contribution is 0.242. The summed E-state index contributed by atoms with van der Waals surface area (Å²) >= 11 is 1.88. The van der Waals surface area contributed by atoms with Crippen LogP contribution < -0.4 is 5.32 Å². The van der Waals surface area contributed by atoms with Crippen molar-refractivity contribution in [2.24, 2.45) is 10.9 Å². The molecular formula is C15H21N3S. The third-order valence-corrected chi connectivity index (χ3v) is 5.26. The molecule has 1 aliphatic carbocycles. The van der Waals surface area contributed by atoms with Crippen molar-refractivity contribution in [2.75, 3.05) is 5.75 Å². The van der Waals surface area contributed by atoms with Crippen LogP contribution in [-0.4, -0.2) is 21.4 Å². The fourth-order valence-corrected chi connectivity index (χ4v) is 4.33. The lowest BCUT2D eigenvalue weighted by atomic mass is 9.78. The molecule has 2 aliphatic rings. The second kappa shape index (κ2) is 5.53. The van der Waals surface area contributed by atoms with E-state index in [0.717, 1.165) is 16.8 Å². The Kier molecular flexibility index (Phi) is 3.78. The maximum absolute atomic E-state index is 4.67. The Hall–Kier alpha value is -1.03. The Balaban J connectivity index is 1.62. The summed E-state index contributed by atoms with van der Waals surface area (Å²) in [6, 6.07) is 5.99. The van der Waals surface area contributed by atoms with Crippen molar-refractivity contribution in [3.63, 3.8) is 0 Å². The Morgan fingerprint density at radius 2 is 2.47 bits per heavy atom. The number of amidine groups is 1. The molecule has 3 rings (SSSR count). The van der Waals surface area contributed by atoms with Crippen LogP contribution in [-0.2, 0) is 6.54 Å². The van der Waals surface area contributed by atoms with Crippen LogP contribution in [0.3, 0.4) is 0 Å². The van der Waals surface area contributed by atoms with Gasteiger partial charge >= 0.3 is 0 Å². The molecular weight excluding hydrogens is 254 g/mol. The molecule has 102 valence electrons. The van der Waals surface area contributed by atoms with Crippen LogP contribution in [0.1, 0.15) is 38.3 Å². The van der Waals surface area contributed by atoms with E-state index >= 15 is 0 Å². The maximum Gasteiger partial charge on any atom is 0.157 e. The Morgan fingerprint density at radius 3 is 3.26 bits per heavy atom. The van der Waals surface area contributed by atoms with Crippen LogP contribution in [0.2, 0.25) is 0 Å². The van der Waals surface area contributed by atoms with Crippen LogP contribution >= 0.6 is 11.8 Å². The second-order valence-electron chi connectivity index (χ2n) is 5.84. The fraction of sp³-hybridized carbons (Fsp3) is 0.600. The van der Waals surface area contributed by atoms with Crippen molar-refractivity contribution >= 4 is 16.9 Å². The van der Waals surface area contributed by atoms with E-state index in [0.29, 0.717) is 12.1 Å². The van der Waals surface area contributed by atoms with E-state index in [2.05, 4.69) is 22.2 Å². The summed E-state index contributed by atoms with van der Waals surface area (Å²) in [5.74, 6) is 2.02. The first-order valence-electron chi connectivity index (χ1n) is 7.11. The molecule has 0 amide bonds. The van der Waals surface area contributed by atoms with Gasteiger partial charge < -0.3 is 5.32 Å². The largest absolute Gasteiger partial charge is 0.359 e. The van der Waals surface area contributed by atoms with Gasteiger partial charge in [-0.1, -0.05) is 37.6 Å². The van der Waals surface area contributed by atoms with Crippen LogP contribution in [0, 0.1) is 5.92 Å². The Bertz CT molecular complexity index is 460. The molecule has 2 unspecified atom stereocenters. The van der Waals surface area contributed by atoms with Crippen LogP contribution in [0.15, 0.2) is 29.4 Å². The maximum atomic E-state index is 4.67. The van der Waals surface area contributed by atoms with Crippen LogP contribution in [0.25, 0.3) is 0 Å². The SMILES string of the molecule is CC1CCCC2(CSC(=NCc3ccccn3)N2)C1. The van der Waals surface area contributed by atoms with Gasteiger partial charge in [-0.05, 0) is 30.9 Å². The van der Waals surface area contributed by atoms with Crippen molar-refractivity contribution in [2.45, 2.75) is 44.7 Å². The highest BCUT2D eigenvalue weighted by molar-refractivity contribution is 8.14. The van der Waals surface area contributed by atoms with Gasteiger partial charge in [0.1, 0.15) is 0 Å². The molecule has 1 N–H and O–H groups in total. The fourth-order valence-electron chi connectivity index (χ4n) is 3.14. The van der Waals surface area contributed by atoms with E-state index in [1.54, 1.807) is 0 Å². The van der Waals surface area contributed by atoms with Gasteiger partial charge in [0.05, 0.1) is 12.2 Å². The van der Waals surface area contributed by atoms with Gasteiger partial charge in [0.15, 0.2) is 5.17 Å². The third kappa shape index (κ3) is 3.11. The number of aromatic nitrogens is 1. The molecule has 1 saturated heterocycles. The van der Waals surface area contributed by atoms with Crippen LogP contribution in [0.5, 0.6) is 0 Å². The summed E-state index contributed by atoms with van der Waals surface area (Å²) in [4.78, 5) is 8.99. The molecule has 1 aromatic rings. The zero-order chi connectivity index (χ0) is 13.1. The van der Waals surface area contributed by atoms with Crippen molar-refractivity contribution in [1.29, 1.82) is 0 Å². The first-order chi connectivity index (χ1) is 9.26. The predicted molar refractivity (Wildman–Crippen MR) is 81.3 cm³/mol. The molecule has 1 saturated carbocycles. The van der Waals surface area contributed by atoms with E-state index in [4.69, 9.17) is 0 Å². The Labute approximate surface area is 119 Å². The molecule has 19 heavy (non-hydrogen) atoms. The highest BCUT2D eigenvalue weighted by atomic mass is 32.2. The summed E-state index contributed by atoms with van der Waals surface area (Å²) in [5.41, 5.74) is 1.36. The van der Waals surface area contributed by atoms with E-state index < -0.39 is 0 Å². The smallest absolute Gasteiger partial charge is 0.157 e. The van der Waals surface area contributed by atoms with Crippen LogP contribution in [0.4, 0.5) is 0 Å². The second-order valence-corrected chi connectivity index (χ2v) is 6.80. The normalized spacial score (nSPS) is 32.7. The molecule has 1 spiro atoms. The zero-order valence-electron chi connectivity index (χ0n) is 11.4.